The van der Waals surface area contributed by atoms with E-state index in [1.54, 1.807) is 7.11 Å². The van der Waals surface area contributed by atoms with Gasteiger partial charge in [-0.25, -0.2) is 4.84 Å². The van der Waals surface area contributed by atoms with Gasteiger partial charge >= 0.3 is 0 Å². The molecule has 1 fully saturated rings. The zero-order valence-electron chi connectivity index (χ0n) is 5.72. The first-order chi connectivity index (χ1) is 4.34. The van der Waals surface area contributed by atoms with Crippen LogP contribution in [0.15, 0.2) is 0 Å². The molecule has 1 aliphatic rings. The van der Waals surface area contributed by atoms with Gasteiger partial charge in [-0.05, 0) is 0 Å². The van der Waals surface area contributed by atoms with E-state index in [-0.39, 0.29) is 0 Å². The lowest BCUT2D eigenvalue weighted by Crippen LogP contribution is -3.10. The highest BCUT2D eigenvalue weighted by molar-refractivity contribution is 4.59. The van der Waals surface area contributed by atoms with Crippen LogP contribution in [0, 0.1) is 7.05 Å². The molecule has 2 atom stereocenters. The van der Waals surface area contributed by atoms with Crippen molar-refractivity contribution in [3.05, 3.63) is 7.05 Å². The van der Waals surface area contributed by atoms with Crippen LogP contribution in [-0.4, -0.2) is 26.4 Å². The van der Waals surface area contributed by atoms with Gasteiger partial charge in [0.2, 0.25) is 0 Å². The van der Waals surface area contributed by atoms with Crippen LogP contribution in [0.5, 0.6) is 0 Å². The number of nitrogens with one attached hydrogen (secondary N) is 1. The van der Waals surface area contributed by atoms with Crippen molar-refractivity contribution in [2.45, 2.75) is 12.5 Å². The highest BCUT2D eigenvalue weighted by Crippen LogP contribution is 1.98. The second-order valence-corrected chi connectivity index (χ2v) is 2.23. The molecular weight excluding hydrogens is 118 g/mol. The van der Waals surface area contributed by atoms with E-state index < -0.39 is 0 Å². The average Bonchev–Trinajstić information content (AvgIpc) is 2.37. The number of hydrogen-bond acceptors (Lipinski definition) is 2. The Bertz CT molecular complexity index is 81.1. The van der Waals surface area contributed by atoms with Crippen molar-refractivity contribution in [1.29, 1.82) is 0 Å². The molecule has 0 spiro atoms. The lowest BCUT2D eigenvalue weighted by molar-refractivity contribution is -1.07. The van der Waals surface area contributed by atoms with E-state index in [0.717, 1.165) is 24.7 Å². The maximum atomic E-state index is 5.14. The summed E-state index contributed by atoms with van der Waals surface area (Å²) in [5.74, 6) is 0. The fourth-order valence-corrected chi connectivity index (χ4v) is 0.955. The summed E-state index contributed by atoms with van der Waals surface area (Å²) in [6, 6.07) is 0.440. The number of hydroxylamine groups is 2. The molecular formula is C6H13NO2. The molecule has 1 saturated heterocycles. The molecule has 0 amide bonds. The van der Waals surface area contributed by atoms with E-state index in [1.807, 2.05) is 0 Å². The quantitative estimate of drug-likeness (QED) is 0.384. The summed E-state index contributed by atoms with van der Waals surface area (Å²) < 4.78 is 5.14. The highest BCUT2D eigenvalue weighted by atomic mass is 16.7. The molecule has 3 nitrogen and oxygen atoms in total. The molecule has 0 aromatic rings. The average molecular weight is 131 g/mol. The first-order valence-corrected chi connectivity index (χ1v) is 3.15. The van der Waals surface area contributed by atoms with Crippen LogP contribution in [0.3, 0.4) is 0 Å². The molecule has 3 heteroatoms. The summed E-state index contributed by atoms with van der Waals surface area (Å²) >= 11 is 0. The Morgan fingerprint density at radius 2 is 2.56 bits per heavy atom. The van der Waals surface area contributed by atoms with Gasteiger partial charge in [0.05, 0.1) is 20.3 Å². The number of ether oxygens (including phenoxy) is 1. The Labute approximate surface area is 55.5 Å². The molecule has 0 radical (unpaired) electrons. The van der Waals surface area contributed by atoms with Gasteiger partial charge in [-0.15, -0.1) is 7.05 Å². The number of rotatable bonds is 2. The van der Waals surface area contributed by atoms with E-state index in [1.165, 1.54) is 0 Å². The van der Waals surface area contributed by atoms with Crippen LogP contribution >= 0.6 is 0 Å². The summed E-state index contributed by atoms with van der Waals surface area (Å²) in [4.78, 5) is 4.96. The predicted octanol–water partition coefficient (Wildman–Crippen LogP) is -0.987. The Morgan fingerprint density at radius 1 is 1.78 bits per heavy atom. The van der Waals surface area contributed by atoms with Crippen molar-refractivity contribution < 1.29 is 14.6 Å². The number of hydrogen-bond donors (Lipinski definition) is 1. The Balaban J connectivity index is 2.24. The lowest BCUT2D eigenvalue weighted by Gasteiger charge is -2.21. The third-order valence-corrected chi connectivity index (χ3v) is 1.65. The largest absolute Gasteiger partial charge is 0.375 e. The second-order valence-electron chi connectivity index (χ2n) is 2.23. The van der Waals surface area contributed by atoms with Crippen LogP contribution in [0.4, 0.5) is 0 Å². The Morgan fingerprint density at radius 3 is 3.00 bits per heavy atom. The normalized spacial score (nSPS) is 30.7. The van der Waals surface area contributed by atoms with E-state index in [0.29, 0.717) is 6.04 Å². The molecule has 2 unspecified atom stereocenters. The summed E-state index contributed by atoms with van der Waals surface area (Å²) in [5, 5.41) is 0.854. The predicted molar refractivity (Wildman–Crippen MR) is 32.6 cm³/mol. The van der Waals surface area contributed by atoms with Crippen molar-refractivity contribution in [3.8, 4) is 0 Å². The van der Waals surface area contributed by atoms with Crippen molar-refractivity contribution >= 4 is 0 Å². The minimum absolute atomic E-state index is 0.440. The van der Waals surface area contributed by atoms with Crippen molar-refractivity contribution in [2.24, 2.45) is 0 Å². The van der Waals surface area contributed by atoms with Crippen LogP contribution in [-0.2, 0) is 9.57 Å². The molecule has 1 aliphatic heterocycles. The molecule has 9 heavy (non-hydrogen) atoms. The minimum atomic E-state index is 0.440. The zero-order chi connectivity index (χ0) is 6.69. The topological polar surface area (TPSA) is 22.9 Å². The van der Waals surface area contributed by atoms with Crippen LogP contribution in [0.1, 0.15) is 6.42 Å². The van der Waals surface area contributed by atoms with Crippen LogP contribution in [0.2, 0.25) is 0 Å². The molecule has 0 saturated carbocycles. The Kier molecular flexibility index (Phi) is 2.45. The molecule has 1 heterocycles. The van der Waals surface area contributed by atoms with Crippen molar-refractivity contribution in [1.82, 2.24) is 0 Å². The molecule has 1 rings (SSSR count). The summed E-state index contributed by atoms with van der Waals surface area (Å²) in [5.41, 5.74) is 0. The third kappa shape index (κ3) is 1.64. The first kappa shape index (κ1) is 6.99. The van der Waals surface area contributed by atoms with Crippen molar-refractivity contribution in [3.63, 3.8) is 0 Å². The monoisotopic (exact) mass is 131 g/mol. The van der Waals surface area contributed by atoms with Crippen molar-refractivity contribution in [2.75, 3.05) is 20.3 Å². The van der Waals surface area contributed by atoms with Crippen LogP contribution in [0.25, 0.3) is 0 Å². The van der Waals surface area contributed by atoms with Gasteiger partial charge in [0.15, 0.2) is 0 Å². The lowest BCUT2D eigenvalue weighted by atomic mass is 10.3. The van der Waals surface area contributed by atoms with Gasteiger partial charge < -0.3 is 9.80 Å². The second kappa shape index (κ2) is 3.15. The molecule has 54 valence electrons. The molecule has 0 aliphatic carbocycles. The van der Waals surface area contributed by atoms with E-state index in [2.05, 4.69) is 7.05 Å². The first-order valence-electron chi connectivity index (χ1n) is 3.15. The third-order valence-electron chi connectivity index (χ3n) is 1.65. The van der Waals surface area contributed by atoms with E-state index in [4.69, 9.17) is 9.57 Å². The minimum Gasteiger partial charge on any atom is -0.375 e. The standard InChI is InChI=1S/C6H13NO2/c1-7(8-2)6-3-4-9-5-6/h6-7H,1,3-5H2,2H3. The summed E-state index contributed by atoms with van der Waals surface area (Å²) in [6.45, 7) is 1.64. The fourth-order valence-electron chi connectivity index (χ4n) is 0.955. The molecule has 0 bridgehead atoms. The van der Waals surface area contributed by atoms with Gasteiger partial charge in [0, 0.05) is 6.42 Å². The smallest absolute Gasteiger partial charge is 0.118 e. The maximum absolute atomic E-state index is 5.14. The van der Waals surface area contributed by atoms with E-state index in [9.17, 15) is 0 Å². The SMILES string of the molecule is [CH2-][NH+](OC)C1CCOC1. The molecule has 0 aromatic carbocycles. The van der Waals surface area contributed by atoms with Gasteiger partial charge in [0.25, 0.3) is 0 Å². The maximum Gasteiger partial charge on any atom is 0.118 e. The zero-order valence-corrected chi connectivity index (χ0v) is 5.72. The van der Waals surface area contributed by atoms with Crippen LogP contribution < -0.4 is 5.06 Å². The van der Waals surface area contributed by atoms with Gasteiger partial charge in [-0.3, -0.25) is 0 Å². The summed E-state index contributed by atoms with van der Waals surface area (Å²) in [7, 11) is 5.41. The van der Waals surface area contributed by atoms with E-state index >= 15 is 0 Å². The van der Waals surface area contributed by atoms with Gasteiger partial charge in [-0.2, -0.15) is 0 Å². The molecule has 1 N–H and O–H groups in total. The van der Waals surface area contributed by atoms with Gasteiger partial charge in [0.1, 0.15) is 6.04 Å². The number of quaternary nitrogens is 1. The summed E-state index contributed by atoms with van der Waals surface area (Å²) in [6.07, 6.45) is 1.06. The van der Waals surface area contributed by atoms with Gasteiger partial charge in [-0.1, -0.05) is 0 Å². The Hall–Kier alpha value is -0.120. The highest BCUT2D eigenvalue weighted by Gasteiger charge is 2.20. The fraction of sp³-hybridized carbons (Fsp3) is 0.833. The molecule has 0 aromatic heterocycles.